The lowest BCUT2D eigenvalue weighted by Gasteiger charge is -2.33. The molecule has 1 heterocycles. The fourth-order valence-electron chi connectivity index (χ4n) is 2.05. The fourth-order valence-corrected chi connectivity index (χ4v) is 2.05. The average molecular weight is 198 g/mol. The van der Waals surface area contributed by atoms with E-state index in [0.29, 0.717) is 6.61 Å². The summed E-state index contributed by atoms with van der Waals surface area (Å²) in [5.74, 6) is 0.328. The number of ether oxygens (including phenoxy) is 1. The Kier molecular flexibility index (Phi) is 3.03. The maximum atomic E-state index is 11.6. The highest BCUT2D eigenvalue weighted by Crippen LogP contribution is 2.25. The van der Waals surface area contributed by atoms with Crippen molar-refractivity contribution >= 4 is 5.91 Å². The Bertz CT molecular complexity index is 208. The first-order chi connectivity index (χ1) is 6.75. The van der Waals surface area contributed by atoms with E-state index >= 15 is 0 Å². The van der Waals surface area contributed by atoms with Gasteiger partial charge in [-0.15, -0.1) is 0 Å². The van der Waals surface area contributed by atoms with Gasteiger partial charge in [0.05, 0.1) is 12.6 Å². The van der Waals surface area contributed by atoms with Crippen LogP contribution in [0.5, 0.6) is 0 Å². The third-order valence-corrected chi connectivity index (χ3v) is 3.05. The largest absolute Gasteiger partial charge is 0.379 e. The van der Waals surface area contributed by atoms with Crippen molar-refractivity contribution in [3.05, 3.63) is 0 Å². The van der Waals surface area contributed by atoms with E-state index in [0.717, 1.165) is 32.3 Å². The molecular formula is C10H18N2O2. The number of nitrogens with one attached hydrogen (secondary N) is 1. The second kappa shape index (κ2) is 4.28. The normalized spacial score (nSPS) is 37.4. The number of amides is 1. The quantitative estimate of drug-likeness (QED) is 0.657. The summed E-state index contributed by atoms with van der Waals surface area (Å²) < 4.78 is 5.30. The van der Waals surface area contributed by atoms with Gasteiger partial charge >= 0.3 is 0 Å². The predicted molar refractivity (Wildman–Crippen MR) is 52.7 cm³/mol. The average Bonchev–Trinajstić information content (AvgIpc) is 2.14. The lowest BCUT2D eigenvalue weighted by Crippen LogP contribution is -2.49. The molecular weight excluding hydrogens is 180 g/mol. The molecule has 3 N–H and O–H groups in total. The Balaban J connectivity index is 1.71. The first-order valence-electron chi connectivity index (χ1n) is 5.39. The van der Waals surface area contributed by atoms with Crippen LogP contribution in [-0.4, -0.2) is 31.2 Å². The summed E-state index contributed by atoms with van der Waals surface area (Å²) in [6, 6.07) is 0.474. The van der Waals surface area contributed by atoms with E-state index < -0.39 is 0 Å². The van der Waals surface area contributed by atoms with Crippen molar-refractivity contribution < 1.29 is 9.53 Å². The lowest BCUT2D eigenvalue weighted by molar-refractivity contribution is -0.129. The molecule has 0 aromatic heterocycles. The maximum Gasteiger partial charge on any atom is 0.223 e. The molecule has 0 radical (unpaired) electrons. The van der Waals surface area contributed by atoms with Crippen molar-refractivity contribution in [1.82, 2.24) is 5.32 Å². The van der Waals surface area contributed by atoms with E-state index in [2.05, 4.69) is 5.32 Å². The first kappa shape index (κ1) is 9.93. The number of carbonyl (C=O) groups excluding carboxylic acids is 1. The lowest BCUT2D eigenvalue weighted by atomic mass is 9.80. The van der Waals surface area contributed by atoms with Crippen molar-refractivity contribution in [2.75, 3.05) is 13.2 Å². The summed E-state index contributed by atoms with van der Waals surface area (Å²) >= 11 is 0. The fraction of sp³-hybridized carbons (Fsp3) is 0.900. The molecule has 4 heteroatoms. The molecule has 1 aliphatic heterocycles. The summed E-state index contributed by atoms with van der Waals surface area (Å²) in [6.07, 6.45) is 3.79. The minimum absolute atomic E-state index is 0.159. The van der Waals surface area contributed by atoms with Crippen LogP contribution in [0.1, 0.15) is 25.7 Å². The minimum Gasteiger partial charge on any atom is -0.379 e. The summed E-state index contributed by atoms with van der Waals surface area (Å²) in [7, 11) is 0. The molecule has 0 spiro atoms. The SMILES string of the molecule is NC1CC(C(=O)NC2CCCOC2)C1. The highest BCUT2D eigenvalue weighted by molar-refractivity contribution is 5.80. The molecule has 2 rings (SSSR count). The Morgan fingerprint density at radius 3 is 2.79 bits per heavy atom. The topological polar surface area (TPSA) is 64.4 Å². The third kappa shape index (κ3) is 2.25. The van der Waals surface area contributed by atoms with Gasteiger partial charge in [-0.3, -0.25) is 4.79 Å². The Labute approximate surface area is 84.2 Å². The van der Waals surface area contributed by atoms with Crippen molar-refractivity contribution in [3.8, 4) is 0 Å². The van der Waals surface area contributed by atoms with Gasteiger partial charge in [-0.05, 0) is 25.7 Å². The molecule has 2 aliphatic rings. The van der Waals surface area contributed by atoms with Gasteiger partial charge in [0.15, 0.2) is 0 Å². The monoisotopic (exact) mass is 198 g/mol. The van der Waals surface area contributed by atoms with Crippen LogP contribution in [0.2, 0.25) is 0 Å². The zero-order valence-electron chi connectivity index (χ0n) is 8.37. The van der Waals surface area contributed by atoms with Crippen LogP contribution in [0, 0.1) is 5.92 Å². The molecule has 1 saturated heterocycles. The number of carbonyl (C=O) groups is 1. The zero-order valence-corrected chi connectivity index (χ0v) is 8.37. The second-order valence-electron chi connectivity index (χ2n) is 4.35. The van der Waals surface area contributed by atoms with Gasteiger partial charge in [0.2, 0.25) is 5.91 Å². The van der Waals surface area contributed by atoms with E-state index in [-0.39, 0.29) is 23.9 Å². The third-order valence-electron chi connectivity index (χ3n) is 3.05. The summed E-state index contributed by atoms with van der Waals surface area (Å²) in [5, 5.41) is 3.02. The van der Waals surface area contributed by atoms with Crippen molar-refractivity contribution in [2.24, 2.45) is 11.7 Å². The molecule has 1 aliphatic carbocycles. The van der Waals surface area contributed by atoms with E-state index in [9.17, 15) is 4.79 Å². The van der Waals surface area contributed by atoms with E-state index in [4.69, 9.17) is 10.5 Å². The Morgan fingerprint density at radius 2 is 2.21 bits per heavy atom. The van der Waals surface area contributed by atoms with Crippen LogP contribution < -0.4 is 11.1 Å². The number of hydrogen-bond donors (Lipinski definition) is 2. The number of rotatable bonds is 2. The van der Waals surface area contributed by atoms with Crippen molar-refractivity contribution in [3.63, 3.8) is 0 Å². The van der Waals surface area contributed by atoms with Gasteiger partial charge in [0.1, 0.15) is 0 Å². The van der Waals surface area contributed by atoms with Crippen LogP contribution in [0.15, 0.2) is 0 Å². The Hall–Kier alpha value is -0.610. The van der Waals surface area contributed by atoms with Crippen LogP contribution in [0.3, 0.4) is 0 Å². The van der Waals surface area contributed by atoms with E-state index in [1.54, 1.807) is 0 Å². The van der Waals surface area contributed by atoms with Gasteiger partial charge in [-0.1, -0.05) is 0 Å². The zero-order chi connectivity index (χ0) is 9.97. The van der Waals surface area contributed by atoms with Gasteiger partial charge < -0.3 is 15.8 Å². The van der Waals surface area contributed by atoms with Gasteiger partial charge in [0.25, 0.3) is 0 Å². The molecule has 2 fully saturated rings. The standard InChI is InChI=1S/C10H18N2O2/c11-8-4-7(5-8)10(13)12-9-2-1-3-14-6-9/h7-9H,1-6,11H2,(H,12,13). The Morgan fingerprint density at radius 1 is 1.43 bits per heavy atom. The molecule has 1 amide bonds. The smallest absolute Gasteiger partial charge is 0.223 e. The maximum absolute atomic E-state index is 11.6. The van der Waals surface area contributed by atoms with Gasteiger partial charge in [-0.25, -0.2) is 0 Å². The predicted octanol–water partition coefficient (Wildman–Crippen LogP) is 0.0189. The molecule has 1 unspecified atom stereocenters. The van der Waals surface area contributed by atoms with Crippen LogP contribution in [0.25, 0.3) is 0 Å². The minimum atomic E-state index is 0.159. The highest BCUT2D eigenvalue weighted by Gasteiger charge is 2.33. The second-order valence-corrected chi connectivity index (χ2v) is 4.35. The molecule has 0 aromatic rings. The van der Waals surface area contributed by atoms with Crippen molar-refractivity contribution in [1.29, 1.82) is 0 Å². The number of nitrogens with two attached hydrogens (primary N) is 1. The van der Waals surface area contributed by atoms with Crippen LogP contribution >= 0.6 is 0 Å². The molecule has 0 bridgehead atoms. The van der Waals surface area contributed by atoms with Crippen LogP contribution in [-0.2, 0) is 9.53 Å². The number of hydrogen-bond acceptors (Lipinski definition) is 3. The summed E-state index contributed by atoms with van der Waals surface area (Å²) in [6.45, 7) is 1.51. The summed E-state index contributed by atoms with van der Waals surface area (Å²) in [4.78, 5) is 11.6. The molecule has 4 nitrogen and oxygen atoms in total. The van der Waals surface area contributed by atoms with Crippen LogP contribution in [0.4, 0.5) is 0 Å². The van der Waals surface area contributed by atoms with E-state index in [1.165, 1.54) is 0 Å². The molecule has 1 atom stereocenters. The van der Waals surface area contributed by atoms with Gasteiger partial charge in [-0.2, -0.15) is 0 Å². The first-order valence-corrected chi connectivity index (χ1v) is 5.39. The summed E-state index contributed by atoms with van der Waals surface area (Å²) in [5.41, 5.74) is 5.64. The van der Waals surface area contributed by atoms with Gasteiger partial charge in [0, 0.05) is 18.6 Å². The molecule has 1 saturated carbocycles. The van der Waals surface area contributed by atoms with E-state index in [1.807, 2.05) is 0 Å². The van der Waals surface area contributed by atoms with Crippen molar-refractivity contribution in [2.45, 2.75) is 37.8 Å². The molecule has 0 aromatic carbocycles. The highest BCUT2D eigenvalue weighted by atomic mass is 16.5. The molecule has 80 valence electrons. The molecule has 14 heavy (non-hydrogen) atoms.